The van der Waals surface area contributed by atoms with Crippen molar-refractivity contribution in [1.82, 2.24) is 4.90 Å². The number of nitrogens with zero attached hydrogens (tertiary/aromatic N) is 1. The summed E-state index contributed by atoms with van der Waals surface area (Å²) in [5.41, 5.74) is 0.278. The van der Waals surface area contributed by atoms with Gasteiger partial charge in [0.05, 0.1) is 5.60 Å². The van der Waals surface area contributed by atoms with E-state index in [0.717, 1.165) is 12.0 Å². The third-order valence-electron chi connectivity index (χ3n) is 6.20. The lowest BCUT2D eigenvalue weighted by atomic mass is 9.82. The van der Waals surface area contributed by atoms with E-state index in [0.29, 0.717) is 36.6 Å². The summed E-state index contributed by atoms with van der Waals surface area (Å²) in [5, 5.41) is 11.3. The van der Waals surface area contributed by atoms with E-state index in [1.54, 1.807) is 35.2 Å². The second kappa shape index (κ2) is 5.96. The van der Waals surface area contributed by atoms with Crippen molar-refractivity contribution in [2.45, 2.75) is 18.4 Å². The van der Waals surface area contributed by atoms with Crippen molar-refractivity contribution in [3.63, 3.8) is 0 Å². The minimum absolute atomic E-state index is 0.0408. The molecule has 2 heterocycles. The van der Waals surface area contributed by atoms with Crippen LogP contribution in [0.1, 0.15) is 28.8 Å². The summed E-state index contributed by atoms with van der Waals surface area (Å²) in [6, 6.07) is 11.3. The van der Waals surface area contributed by atoms with Crippen LogP contribution in [0.4, 0.5) is 4.39 Å². The predicted octanol–water partition coefficient (Wildman–Crippen LogP) is 2.92. The van der Waals surface area contributed by atoms with Crippen molar-refractivity contribution in [1.29, 1.82) is 0 Å². The molecule has 2 aromatic carbocycles. The Morgan fingerprint density at radius 1 is 1.11 bits per heavy atom. The number of carbonyl (C=O) groups excluding carboxylic acids is 1. The second-order valence-corrected chi connectivity index (χ2v) is 7.61. The van der Waals surface area contributed by atoms with Crippen molar-refractivity contribution in [3.05, 3.63) is 59.4 Å². The lowest BCUT2D eigenvalue weighted by Crippen LogP contribution is -2.36. The third kappa shape index (κ3) is 2.58. The first-order valence-electron chi connectivity index (χ1n) is 9.22. The fourth-order valence-corrected chi connectivity index (χ4v) is 4.77. The van der Waals surface area contributed by atoms with Gasteiger partial charge in [-0.15, -0.1) is 0 Å². The minimum Gasteiger partial charge on any atom is -0.454 e. The lowest BCUT2D eigenvalue weighted by molar-refractivity contribution is -0.00593. The first-order chi connectivity index (χ1) is 13.0. The van der Waals surface area contributed by atoms with E-state index in [-0.39, 0.29) is 30.4 Å². The van der Waals surface area contributed by atoms with Gasteiger partial charge in [-0.05, 0) is 54.7 Å². The van der Waals surface area contributed by atoms with Crippen molar-refractivity contribution < 1.29 is 23.8 Å². The molecule has 3 atom stereocenters. The molecule has 6 heteroatoms. The summed E-state index contributed by atoms with van der Waals surface area (Å²) in [5.74, 6) is 1.06. The molecule has 2 aliphatic heterocycles. The van der Waals surface area contributed by atoms with Crippen LogP contribution >= 0.6 is 0 Å². The number of ether oxygens (including phenoxy) is 2. The molecule has 1 saturated heterocycles. The number of rotatable bonds is 2. The van der Waals surface area contributed by atoms with Crippen LogP contribution in [0.15, 0.2) is 42.5 Å². The molecule has 1 amide bonds. The number of hydrogen-bond acceptors (Lipinski definition) is 4. The number of likely N-dealkylation sites (tertiary alicyclic amines) is 1. The highest BCUT2D eigenvalue weighted by Gasteiger charge is 2.53. The van der Waals surface area contributed by atoms with E-state index in [4.69, 9.17) is 9.47 Å². The molecular formula is C21H20FNO4. The van der Waals surface area contributed by atoms with Gasteiger partial charge in [0.1, 0.15) is 5.82 Å². The van der Waals surface area contributed by atoms with E-state index in [9.17, 15) is 14.3 Å². The first kappa shape index (κ1) is 16.6. The van der Waals surface area contributed by atoms with E-state index in [1.807, 2.05) is 0 Å². The van der Waals surface area contributed by atoms with E-state index in [1.165, 1.54) is 12.1 Å². The van der Waals surface area contributed by atoms with Gasteiger partial charge in [-0.1, -0.05) is 12.1 Å². The molecule has 0 unspecified atom stereocenters. The summed E-state index contributed by atoms with van der Waals surface area (Å²) >= 11 is 0. The van der Waals surface area contributed by atoms with Crippen LogP contribution in [-0.2, 0) is 5.60 Å². The summed E-state index contributed by atoms with van der Waals surface area (Å²) in [6.45, 7) is 1.29. The molecule has 1 saturated carbocycles. The lowest BCUT2D eigenvalue weighted by Gasteiger charge is -2.30. The van der Waals surface area contributed by atoms with Crippen molar-refractivity contribution in [2.75, 3.05) is 19.9 Å². The zero-order valence-electron chi connectivity index (χ0n) is 14.7. The van der Waals surface area contributed by atoms with Gasteiger partial charge >= 0.3 is 0 Å². The Balaban J connectivity index is 1.37. The Labute approximate surface area is 156 Å². The number of amides is 1. The van der Waals surface area contributed by atoms with Gasteiger partial charge in [0.15, 0.2) is 11.5 Å². The molecule has 0 spiro atoms. The number of fused-ring (bicyclic) bond motifs is 2. The minimum atomic E-state index is -1.01. The molecule has 2 aromatic rings. The number of halogens is 1. The van der Waals surface area contributed by atoms with E-state index >= 15 is 0 Å². The fourth-order valence-electron chi connectivity index (χ4n) is 4.77. The topological polar surface area (TPSA) is 59.0 Å². The molecule has 1 aliphatic carbocycles. The quantitative estimate of drug-likeness (QED) is 0.884. The monoisotopic (exact) mass is 369 g/mol. The molecule has 1 N–H and O–H groups in total. The molecule has 0 bridgehead atoms. The van der Waals surface area contributed by atoms with Crippen molar-refractivity contribution in [3.8, 4) is 11.5 Å². The molecule has 3 aliphatic rings. The molecule has 5 nitrogen and oxygen atoms in total. The molecular weight excluding hydrogens is 349 g/mol. The van der Waals surface area contributed by atoms with Gasteiger partial charge in [-0.25, -0.2) is 4.39 Å². The predicted molar refractivity (Wildman–Crippen MR) is 95.0 cm³/mol. The van der Waals surface area contributed by atoms with Gasteiger partial charge < -0.3 is 19.5 Å². The molecule has 0 radical (unpaired) electrons. The highest BCUT2D eigenvalue weighted by Crippen LogP contribution is 2.50. The highest BCUT2D eigenvalue weighted by molar-refractivity contribution is 5.95. The Morgan fingerprint density at radius 3 is 2.70 bits per heavy atom. The maximum Gasteiger partial charge on any atom is 0.254 e. The number of benzene rings is 2. The fraction of sp³-hybridized carbons (Fsp3) is 0.381. The molecule has 5 rings (SSSR count). The van der Waals surface area contributed by atoms with Crippen LogP contribution in [0.2, 0.25) is 0 Å². The Hall–Kier alpha value is -2.60. The average Bonchev–Trinajstić information content (AvgIpc) is 3.38. The third-order valence-corrected chi connectivity index (χ3v) is 6.20. The number of aliphatic hydroxyl groups is 1. The number of hydrogen-bond donors (Lipinski definition) is 1. The maximum atomic E-state index is 13.3. The van der Waals surface area contributed by atoms with E-state index in [2.05, 4.69) is 0 Å². The number of carbonyl (C=O) groups is 1. The second-order valence-electron chi connectivity index (χ2n) is 7.61. The summed E-state index contributed by atoms with van der Waals surface area (Å²) in [7, 11) is 0. The van der Waals surface area contributed by atoms with Gasteiger partial charge in [-0.3, -0.25) is 4.79 Å². The standard InChI is InChI=1S/C21H20FNO4/c22-16-4-2-15(3-5-16)21(25)8-7-14-10-23(11-17(14)21)20(24)13-1-6-18-19(9-13)27-12-26-18/h1-6,9,14,17,25H,7-8,10-12H2/t14-,17+,21+/m1/s1. The summed E-state index contributed by atoms with van der Waals surface area (Å²) in [4.78, 5) is 14.8. The molecule has 27 heavy (non-hydrogen) atoms. The highest BCUT2D eigenvalue weighted by atomic mass is 19.1. The molecule has 140 valence electrons. The zero-order chi connectivity index (χ0) is 18.6. The van der Waals surface area contributed by atoms with E-state index < -0.39 is 5.60 Å². The summed E-state index contributed by atoms with van der Waals surface area (Å²) < 4.78 is 23.9. The van der Waals surface area contributed by atoms with Gasteiger partial charge in [-0.2, -0.15) is 0 Å². The Bertz CT molecular complexity index is 900. The largest absolute Gasteiger partial charge is 0.454 e. The van der Waals surface area contributed by atoms with Crippen LogP contribution in [0, 0.1) is 17.7 Å². The van der Waals surface area contributed by atoms with Crippen LogP contribution < -0.4 is 9.47 Å². The van der Waals surface area contributed by atoms with Crippen LogP contribution in [0.25, 0.3) is 0 Å². The Morgan fingerprint density at radius 2 is 1.89 bits per heavy atom. The van der Waals surface area contributed by atoms with Gasteiger partial charge in [0.25, 0.3) is 5.91 Å². The van der Waals surface area contributed by atoms with Crippen LogP contribution in [0.5, 0.6) is 11.5 Å². The first-order valence-corrected chi connectivity index (χ1v) is 9.22. The van der Waals surface area contributed by atoms with Gasteiger partial charge in [0.2, 0.25) is 6.79 Å². The van der Waals surface area contributed by atoms with Crippen LogP contribution in [0.3, 0.4) is 0 Å². The smallest absolute Gasteiger partial charge is 0.254 e. The SMILES string of the molecule is O=C(c1ccc2c(c1)OCO2)N1C[C@H]2CC[C@](O)(c3ccc(F)cc3)[C@H]2C1. The zero-order valence-corrected chi connectivity index (χ0v) is 14.7. The Kier molecular flexibility index (Phi) is 3.65. The van der Waals surface area contributed by atoms with Crippen LogP contribution in [-0.4, -0.2) is 35.8 Å². The maximum absolute atomic E-state index is 13.3. The normalized spacial score (nSPS) is 28.4. The van der Waals surface area contributed by atoms with Crippen molar-refractivity contribution in [2.24, 2.45) is 11.8 Å². The average molecular weight is 369 g/mol. The molecule has 0 aromatic heterocycles. The van der Waals surface area contributed by atoms with Crippen molar-refractivity contribution >= 4 is 5.91 Å². The molecule has 2 fully saturated rings. The van der Waals surface area contributed by atoms with Gasteiger partial charge in [0, 0.05) is 24.6 Å². The summed E-state index contributed by atoms with van der Waals surface area (Å²) in [6.07, 6.45) is 1.49.